The van der Waals surface area contributed by atoms with Gasteiger partial charge in [-0.2, -0.15) is 0 Å². The van der Waals surface area contributed by atoms with Gasteiger partial charge < -0.3 is 9.67 Å². The number of imidazole rings is 1. The SMILES string of the molecule is O=S1(=O)CCCCC1c1ncc2n1CC(CO)CC2. The van der Waals surface area contributed by atoms with E-state index in [0.29, 0.717) is 18.8 Å². The lowest BCUT2D eigenvalue weighted by molar-refractivity contribution is 0.190. The monoisotopic (exact) mass is 284 g/mol. The molecular formula is C13H20N2O3S. The minimum atomic E-state index is -3.05. The first-order chi connectivity index (χ1) is 9.12. The van der Waals surface area contributed by atoms with Crippen molar-refractivity contribution in [2.75, 3.05) is 12.4 Å². The molecule has 0 amide bonds. The van der Waals surface area contributed by atoms with E-state index in [2.05, 4.69) is 4.98 Å². The van der Waals surface area contributed by atoms with E-state index in [1.54, 1.807) is 0 Å². The molecular weight excluding hydrogens is 264 g/mol. The third-order valence-electron chi connectivity index (χ3n) is 4.34. The third-order valence-corrected chi connectivity index (χ3v) is 6.51. The van der Waals surface area contributed by atoms with Crippen LogP contribution in [0.25, 0.3) is 0 Å². The molecule has 0 radical (unpaired) electrons. The Kier molecular flexibility index (Phi) is 3.39. The molecule has 6 heteroatoms. The summed E-state index contributed by atoms with van der Waals surface area (Å²) in [6.45, 7) is 0.863. The van der Waals surface area contributed by atoms with Gasteiger partial charge in [0.1, 0.15) is 11.1 Å². The Morgan fingerprint density at radius 2 is 2.21 bits per heavy atom. The van der Waals surface area contributed by atoms with Crippen molar-refractivity contribution in [3.8, 4) is 0 Å². The summed E-state index contributed by atoms with van der Waals surface area (Å²) in [5, 5.41) is 8.87. The Morgan fingerprint density at radius 1 is 1.37 bits per heavy atom. The van der Waals surface area contributed by atoms with Crippen molar-refractivity contribution in [2.24, 2.45) is 5.92 Å². The average Bonchev–Trinajstić information content (AvgIpc) is 2.81. The topological polar surface area (TPSA) is 72.2 Å². The van der Waals surface area contributed by atoms with Gasteiger partial charge in [0.15, 0.2) is 9.84 Å². The predicted octanol–water partition coefficient (Wildman–Crippen LogP) is 1.08. The first-order valence-electron chi connectivity index (χ1n) is 6.98. The van der Waals surface area contributed by atoms with Crippen LogP contribution in [0, 0.1) is 5.92 Å². The highest BCUT2D eigenvalue weighted by Crippen LogP contribution is 2.34. The molecule has 2 unspecified atom stereocenters. The average molecular weight is 284 g/mol. The minimum absolute atomic E-state index is 0.161. The Balaban J connectivity index is 1.96. The van der Waals surface area contributed by atoms with Crippen molar-refractivity contribution in [3.05, 3.63) is 17.7 Å². The molecule has 2 aliphatic rings. The molecule has 2 aliphatic heterocycles. The van der Waals surface area contributed by atoms with Gasteiger partial charge in [-0.05, 0) is 25.7 Å². The second kappa shape index (κ2) is 4.90. The van der Waals surface area contributed by atoms with E-state index in [1.807, 2.05) is 10.8 Å². The standard InChI is InChI=1S/C13H20N2O3S/c16-9-10-4-5-11-7-14-13(15(11)8-10)12-3-1-2-6-19(12,17)18/h7,10,12,16H,1-6,8-9H2. The van der Waals surface area contributed by atoms with E-state index < -0.39 is 15.1 Å². The summed E-state index contributed by atoms with van der Waals surface area (Å²) in [5.74, 6) is 1.21. The first kappa shape index (κ1) is 13.1. The highest BCUT2D eigenvalue weighted by Gasteiger charge is 2.35. The third kappa shape index (κ3) is 2.31. The molecule has 0 saturated carbocycles. The molecule has 1 N–H and O–H groups in total. The van der Waals surface area contributed by atoms with Gasteiger partial charge in [-0.1, -0.05) is 6.42 Å². The summed E-state index contributed by atoms with van der Waals surface area (Å²) in [7, 11) is -3.05. The van der Waals surface area contributed by atoms with Gasteiger partial charge in [-0.25, -0.2) is 13.4 Å². The zero-order chi connectivity index (χ0) is 13.5. The number of aliphatic hydroxyl groups is 1. The second-order valence-corrected chi connectivity index (χ2v) is 7.96. The Morgan fingerprint density at radius 3 is 2.95 bits per heavy atom. The second-order valence-electron chi connectivity index (χ2n) is 5.66. The molecule has 106 valence electrons. The van der Waals surface area contributed by atoms with E-state index in [4.69, 9.17) is 0 Å². The van der Waals surface area contributed by atoms with Gasteiger partial charge in [0.25, 0.3) is 0 Å². The van der Waals surface area contributed by atoms with Gasteiger partial charge in [-0.15, -0.1) is 0 Å². The van der Waals surface area contributed by atoms with Crippen molar-refractivity contribution in [2.45, 2.75) is 43.9 Å². The van der Waals surface area contributed by atoms with E-state index in [-0.39, 0.29) is 18.3 Å². The van der Waals surface area contributed by atoms with Crippen molar-refractivity contribution in [3.63, 3.8) is 0 Å². The van der Waals surface area contributed by atoms with Gasteiger partial charge in [0.2, 0.25) is 0 Å². The zero-order valence-electron chi connectivity index (χ0n) is 11.0. The number of sulfone groups is 1. The summed E-state index contributed by atoms with van der Waals surface area (Å²) in [4.78, 5) is 4.39. The fourth-order valence-electron chi connectivity index (χ4n) is 3.19. The summed E-state index contributed by atoms with van der Waals surface area (Å²) >= 11 is 0. The van der Waals surface area contributed by atoms with Crippen molar-refractivity contribution >= 4 is 9.84 Å². The van der Waals surface area contributed by atoms with Crippen LogP contribution in [0.2, 0.25) is 0 Å². The van der Waals surface area contributed by atoms with Crippen LogP contribution in [0.5, 0.6) is 0 Å². The van der Waals surface area contributed by atoms with Crippen LogP contribution < -0.4 is 0 Å². The van der Waals surface area contributed by atoms with Crippen molar-refractivity contribution in [1.29, 1.82) is 0 Å². The summed E-state index contributed by atoms with van der Waals surface area (Å²) < 4.78 is 26.5. The van der Waals surface area contributed by atoms with E-state index >= 15 is 0 Å². The van der Waals surface area contributed by atoms with Crippen LogP contribution in [0.1, 0.15) is 42.5 Å². The molecule has 0 aliphatic carbocycles. The molecule has 1 aromatic heterocycles. The quantitative estimate of drug-likeness (QED) is 0.882. The number of rotatable bonds is 2. The molecule has 0 spiro atoms. The molecule has 1 fully saturated rings. The van der Waals surface area contributed by atoms with Gasteiger partial charge in [0, 0.05) is 31.0 Å². The van der Waals surface area contributed by atoms with Crippen LogP contribution in [0.4, 0.5) is 0 Å². The number of hydrogen-bond donors (Lipinski definition) is 1. The maximum atomic E-state index is 12.2. The summed E-state index contributed by atoms with van der Waals surface area (Å²) in [5.41, 5.74) is 1.11. The van der Waals surface area contributed by atoms with E-state index in [1.165, 1.54) is 0 Å². The maximum absolute atomic E-state index is 12.2. The van der Waals surface area contributed by atoms with Crippen molar-refractivity contribution in [1.82, 2.24) is 9.55 Å². The van der Waals surface area contributed by atoms with Gasteiger partial charge in [-0.3, -0.25) is 0 Å². The zero-order valence-corrected chi connectivity index (χ0v) is 11.8. The number of aromatic nitrogens is 2. The normalized spacial score (nSPS) is 29.9. The summed E-state index contributed by atoms with van der Waals surface area (Å²) in [6, 6.07) is 0. The van der Waals surface area contributed by atoms with Crippen LogP contribution in [-0.4, -0.2) is 35.4 Å². The molecule has 3 heterocycles. The number of aliphatic hydroxyl groups excluding tert-OH is 1. The highest BCUT2D eigenvalue weighted by molar-refractivity contribution is 7.91. The minimum Gasteiger partial charge on any atom is -0.396 e. The number of nitrogens with zero attached hydrogens (tertiary/aromatic N) is 2. The highest BCUT2D eigenvalue weighted by atomic mass is 32.2. The fraction of sp³-hybridized carbons (Fsp3) is 0.769. The largest absolute Gasteiger partial charge is 0.396 e. The van der Waals surface area contributed by atoms with Gasteiger partial charge >= 0.3 is 0 Å². The van der Waals surface area contributed by atoms with Crippen molar-refractivity contribution < 1.29 is 13.5 Å². The van der Waals surface area contributed by atoms with Crippen LogP contribution in [0.15, 0.2) is 6.20 Å². The lowest BCUT2D eigenvalue weighted by Gasteiger charge is -2.27. The molecule has 5 nitrogen and oxygen atoms in total. The van der Waals surface area contributed by atoms with Crippen LogP contribution >= 0.6 is 0 Å². The van der Waals surface area contributed by atoms with E-state index in [0.717, 1.165) is 31.4 Å². The molecule has 0 bridgehead atoms. The number of aryl methyl sites for hydroxylation is 1. The molecule has 3 rings (SSSR count). The van der Waals surface area contributed by atoms with Gasteiger partial charge in [0.05, 0.1) is 5.75 Å². The lowest BCUT2D eigenvalue weighted by Crippen LogP contribution is -2.29. The number of fused-ring (bicyclic) bond motifs is 1. The first-order valence-corrected chi connectivity index (χ1v) is 8.70. The Bertz CT molecular complexity index is 564. The van der Waals surface area contributed by atoms with E-state index in [9.17, 15) is 13.5 Å². The molecule has 2 atom stereocenters. The Labute approximate surface area is 113 Å². The Hall–Kier alpha value is -0.880. The summed E-state index contributed by atoms with van der Waals surface area (Å²) in [6.07, 6.45) is 6.06. The lowest BCUT2D eigenvalue weighted by atomic mass is 9.99. The molecule has 19 heavy (non-hydrogen) atoms. The maximum Gasteiger partial charge on any atom is 0.160 e. The smallest absolute Gasteiger partial charge is 0.160 e. The molecule has 1 saturated heterocycles. The molecule has 0 aromatic carbocycles. The van der Waals surface area contributed by atoms with Crippen LogP contribution in [0.3, 0.4) is 0 Å². The molecule has 1 aromatic rings. The predicted molar refractivity (Wildman–Crippen MR) is 71.5 cm³/mol. The fourth-order valence-corrected chi connectivity index (χ4v) is 5.12. The van der Waals surface area contributed by atoms with Crippen LogP contribution in [-0.2, 0) is 22.8 Å². The number of hydrogen-bond acceptors (Lipinski definition) is 4.